The Labute approximate surface area is 209 Å². The van der Waals surface area contributed by atoms with E-state index in [0.29, 0.717) is 10.0 Å². The average molecular weight is 532 g/mol. The summed E-state index contributed by atoms with van der Waals surface area (Å²) in [5, 5.41) is 1.11. The smallest absolute Gasteiger partial charge is 0.189 e. The van der Waals surface area contributed by atoms with E-state index in [4.69, 9.17) is 23.2 Å². The third-order valence-corrected chi connectivity index (χ3v) is 14.6. The summed E-state index contributed by atoms with van der Waals surface area (Å²) in [7, 11) is -0.465. The summed E-state index contributed by atoms with van der Waals surface area (Å²) in [5.74, 6) is -0.863. The first kappa shape index (κ1) is 25.3. The Bertz CT molecular complexity index is 1080. The van der Waals surface area contributed by atoms with Crippen molar-refractivity contribution in [2.45, 2.75) is 22.7 Å². The Morgan fingerprint density at radius 1 is 1.03 bits per heavy atom. The van der Waals surface area contributed by atoms with Gasteiger partial charge in [0.05, 0.1) is 4.20 Å². The fourth-order valence-electron chi connectivity index (χ4n) is 3.96. The van der Waals surface area contributed by atoms with Crippen LogP contribution in [0.15, 0.2) is 36.4 Å². The molecule has 3 rings (SSSR count). The predicted octanol–water partition coefficient (Wildman–Crippen LogP) is 7.23. The van der Waals surface area contributed by atoms with Crippen molar-refractivity contribution in [2.75, 3.05) is 25.0 Å². The highest BCUT2D eigenvalue weighted by Gasteiger charge is 2.51. The molecule has 2 nitrogen and oxygen atoms in total. The molecule has 2 aromatic carbocycles. The van der Waals surface area contributed by atoms with E-state index in [0.717, 1.165) is 32.9 Å². The number of aryl methyl sites for hydroxylation is 1. The number of Topliss-reactive ketones (excluding diaryl/α,β-unsaturated/α-hetero) is 2. The minimum Gasteiger partial charge on any atom is -0.295 e. The van der Waals surface area contributed by atoms with Gasteiger partial charge in [0, 0.05) is 15.6 Å². The number of thioether (sulfide) groups is 3. The summed E-state index contributed by atoms with van der Waals surface area (Å²) < 4.78 is 0.140. The van der Waals surface area contributed by atoms with Crippen LogP contribution in [-0.4, -0.2) is 44.2 Å². The van der Waals surface area contributed by atoms with Crippen molar-refractivity contribution in [2.24, 2.45) is 0 Å². The normalized spacial score (nSPS) is 20.9. The summed E-state index contributed by atoms with van der Waals surface area (Å²) in [5.41, 5.74) is 3.50. The molecule has 0 saturated carbocycles. The van der Waals surface area contributed by atoms with E-state index in [1.54, 1.807) is 35.7 Å². The monoisotopic (exact) mass is 530 g/mol. The van der Waals surface area contributed by atoms with Crippen molar-refractivity contribution in [1.29, 1.82) is 0 Å². The van der Waals surface area contributed by atoms with Crippen molar-refractivity contribution in [3.63, 3.8) is 0 Å². The van der Waals surface area contributed by atoms with Gasteiger partial charge >= 0.3 is 0 Å². The van der Waals surface area contributed by atoms with E-state index in [2.05, 4.69) is 0 Å². The minimum atomic E-state index is -0.799. The lowest BCUT2D eigenvalue weighted by molar-refractivity contribution is -0.125. The second-order valence-corrected chi connectivity index (χ2v) is 13.8. The Kier molecular flexibility index (Phi) is 8.37. The molecule has 1 aliphatic heterocycles. The lowest BCUT2D eigenvalue weighted by Crippen LogP contribution is -2.44. The topological polar surface area (TPSA) is 34.1 Å². The Morgan fingerprint density at radius 3 is 2.26 bits per heavy atom. The quantitative estimate of drug-likeness (QED) is 0.231. The molecule has 8 heteroatoms. The summed E-state index contributed by atoms with van der Waals surface area (Å²) in [6.45, 7) is 2.05. The van der Waals surface area contributed by atoms with Crippen LogP contribution in [-0.2, 0) is 16.0 Å². The van der Waals surface area contributed by atoms with E-state index in [9.17, 15) is 9.59 Å². The molecular formula is C23H24Cl2O2S4. The number of ketones is 2. The first-order chi connectivity index (χ1) is 14.7. The number of carbonyl (C=O) groups excluding carboxylic acids is 2. The summed E-state index contributed by atoms with van der Waals surface area (Å²) >= 11 is 17.1. The van der Waals surface area contributed by atoms with Crippen LogP contribution >= 0.6 is 69.0 Å². The van der Waals surface area contributed by atoms with Crippen molar-refractivity contribution in [3.8, 4) is 11.1 Å². The predicted molar refractivity (Wildman–Crippen MR) is 146 cm³/mol. The molecule has 31 heavy (non-hydrogen) atoms. The average Bonchev–Trinajstić information content (AvgIpc) is 2.75. The van der Waals surface area contributed by atoms with Crippen LogP contribution in [0.25, 0.3) is 11.1 Å². The second kappa shape index (κ2) is 10.3. The number of hydrogen-bond acceptors (Lipinski definition) is 5. The zero-order valence-electron chi connectivity index (χ0n) is 18.0. The van der Waals surface area contributed by atoms with Gasteiger partial charge < -0.3 is 0 Å². The lowest BCUT2D eigenvalue weighted by atomic mass is 9.85. The molecule has 2 aromatic rings. The molecule has 0 aromatic heterocycles. The van der Waals surface area contributed by atoms with Crippen LogP contribution in [0.2, 0.25) is 10.0 Å². The van der Waals surface area contributed by atoms with Crippen LogP contribution in [0.4, 0.5) is 0 Å². The molecule has 0 radical (unpaired) electrons. The summed E-state index contributed by atoms with van der Waals surface area (Å²) in [6, 6.07) is 11.3. The minimum absolute atomic E-state index is 0.00446. The number of halogens is 2. The van der Waals surface area contributed by atoms with E-state index in [1.807, 2.05) is 56.2 Å². The highest BCUT2D eigenvalue weighted by atomic mass is 35.5. The van der Waals surface area contributed by atoms with Gasteiger partial charge in [-0.2, -0.15) is 0 Å². The van der Waals surface area contributed by atoms with Crippen LogP contribution in [0.1, 0.15) is 24.0 Å². The standard InChI is InChI=1S/C23H24Cl2O2S4/c1-6-13-7-8-14(16-10-9-15(24)12-18(16)25)11-17(13)19-20(26)22(28-2)31(5)23(29-3,30-4)21(19)27/h7-12,19H,6H2,1-5H3. The van der Waals surface area contributed by atoms with Gasteiger partial charge in [-0.15, -0.1) is 45.8 Å². The summed E-state index contributed by atoms with van der Waals surface area (Å²) in [4.78, 5) is 27.5. The third-order valence-electron chi connectivity index (χ3n) is 5.51. The van der Waals surface area contributed by atoms with Crippen molar-refractivity contribution < 1.29 is 9.59 Å². The van der Waals surface area contributed by atoms with Gasteiger partial charge in [-0.1, -0.05) is 48.3 Å². The highest BCUT2D eigenvalue weighted by molar-refractivity contribution is 8.47. The molecule has 0 amide bonds. The lowest BCUT2D eigenvalue weighted by Gasteiger charge is -2.39. The molecule has 1 aliphatic rings. The molecular weight excluding hydrogens is 507 g/mol. The van der Waals surface area contributed by atoms with Gasteiger partial charge in [-0.3, -0.25) is 9.59 Å². The number of carbonyl (C=O) groups is 2. The summed E-state index contributed by atoms with van der Waals surface area (Å²) in [6.07, 6.45) is 8.62. The zero-order valence-corrected chi connectivity index (χ0v) is 22.7. The molecule has 0 aliphatic carbocycles. The molecule has 1 heterocycles. The van der Waals surface area contributed by atoms with E-state index in [1.165, 1.54) is 11.8 Å². The Hall–Kier alpha value is -0.370. The molecule has 0 bridgehead atoms. The van der Waals surface area contributed by atoms with Crippen molar-refractivity contribution in [1.82, 2.24) is 0 Å². The molecule has 0 spiro atoms. The van der Waals surface area contributed by atoms with Gasteiger partial charge in [0.25, 0.3) is 0 Å². The van der Waals surface area contributed by atoms with Crippen LogP contribution in [0.3, 0.4) is 0 Å². The molecule has 2 unspecified atom stereocenters. The number of rotatable bonds is 5. The van der Waals surface area contributed by atoms with Crippen molar-refractivity contribution >= 4 is 84.7 Å². The molecule has 0 fully saturated rings. The zero-order chi connectivity index (χ0) is 22.9. The first-order valence-electron chi connectivity index (χ1n) is 9.59. The van der Waals surface area contributed by atoms with Gasteiger partial charge in [0.2, 0.25) is 0 Å². The fraction of sp³-hybridized carbons (Fsp3) is 0.348. The molecule has 0 N–H and O–H groups in total. The van der Waals surface area contributed by atoms with E-state index < -0.39 is 19.8 Å². The molecule has 0 saturated heterocycles. The first-order valence-corrected chi connectivity index (χ1v) is 15.7. The van der Waals surface area contributed by atoms with E-state index >= 15 is 0 Å². The Morgan fingerprint density at radius 2 is 1.71 bits per heavy atom. The second-order valence-electron chi connectivity index (χ2n) is 7.02. The van der Waals surface area contributed by atoms with E-state index in [-0.39, 0.29) is 11.6 Å². The maximum absolute atomic E-state index is 13.9. The van der Waals surface area contributed by atoms with Gasteiger partial charge in [-0.25, -0.2) is 0 Å². The third kappa shape index (κ3) is 4.41. The maximum Gasteiger partial charge on any atom is 0.189 e. The van der Waals surface area contributed by atoms with Crippen molar-refractivity contribution in [3.05, 3.63) is 57.6 Å². The largest absolute Gasteiger partial charge is 0.295 e. The number of benzene rings is 2. The SMILES string of the molecule is CCc1ccc(-c2ccc(Cl)cc2Cl)cc1C1C(=O)C(SC)=S(C)C(SC)(SC)C1=O. The van der Waals surface area contributed by atoms with Crippen LogP contribution in [0, 0.1) is 0 Å². The van der Waals surface area contributed by atoms with Crippen LogP contribution in [0.5, 0.6) is 0 Å². The van der Waals surface area contributed by atoms with Gasteiger partial charge in [0.15, 0.2) is 15.0 Å². The van der Waals surface area contributed by atoms with Gasteiger partial charge in [0.1, 0.15) is 5.92 Å². The highest BCUT2D eigenvalue weighted by Crippen LogP contribution is 2.56. The fourth-order valence-corrected chi connectivity index (χ4v) is 11.4. The van der Waals surface area contributed by atoms with Crippen LogP contribution < -0.4 is 0 Å². The maximum atomic E-state index is 13.9. The van der Waals surface area contributed by atoms with Gasteiger partial charge in [-0.05, 0) is 66.3 Å². The molecule has 166 valence electrons. The number of hydrogen-bond donors (Lipinski definition) is 0. The Balaban J connectivity index is 2.25. The molecule has 2 atom stereocenters.